The summed E-state index contributed by atoms with van der Waals surface area (Å²) in [6.45, 7) is 4.97. The molecule has 1 unspecified atom stereocenters. The number of amides is 4. The second kappa shape index (κ2) is 7.56. The highest BCUT2D eigenvalue weighted by molar-refractivity contribution is 6.05. The van der Waals surface area contributed by atoms with Crippen LogP contribution in [0.4, 0.5) is 4.79 Å². The first kappa shape index (κ1) is 19.0. The monoisotopic (exact) mass is 388 g/mol. The summed E-state index contributed by atoms with van der Waals surface area (Å²) in [5, 5.41) is 3.91. The lowest BCUT2D eigenvalue weighted by molar-refractivity contribution is -0.133. The Kier molecular flexibility index (Phi) is 5.12. The van der Waals surface area contributed by atoms with Gasteiger partial charge in [-0.15, -0.1) is 0 Å². The third-order valence-corrected chi connectivity index (χ3v) is 6.37. The molecular weight excluding hydrogens is 360 g/mol. The Morgan fingerprint density at radius 2 is 1.86 bits per heavy atom. The van der Waals surface area contributed by atoms with Crippen LogP contribution in [0.25, 0.3) is 0 Å². The molecule has 0 radical (unpaired) electrons. The van der Waals surface area contributed by atoms with Crippen LogP contribution < -0.4 is 0 Å². The van der Waals surface area contributed by atoms with E-state index >= 15 is 0 Å². The molecule has 1 aromatic rings. The van der Waals surface area contributed by atoms with Crippen molar-refractivity contribution in [2.45, 2.75) is 70.9 Å². The number of hydrogen-bond donors (Lipinski definition) is 0. The minimum Gasteiger partial charge on any atom is -0.361 e. The Balaban J connectivity index is 1.48. The maximum atomic E-state index is 13.1. The van der Waals surface area contributed by atoms with E-state index in [4.69, 9.17) is 4.52 Å². The van der Waals surface area contributed by atoms with E-state index in [0.29, 0.717) is 25.3 Å². The van der Waals surface area contributed by atoms with Crippen LogP contribution in [-0.4, -0.2) is 69.4 Å². The molecule has 3 aliphatic rings. The normalized spacial score (nSPS) is 23.9. The summed E-state index contributed by atoms with van der Waals surface area (Å²) in [6.07, 6.45) is 5.98. The van der Waals surface area contributed by atoms with Crippen LogP contribution in [0, 0.1) is 13.8 Å². The predicted molar refractivity (Wildman–Crippen MR) is 100 cm³/mol. The van der Waals surface area contributed by atoms with Gasteiger partial charge in [0.15, 0.2) is 0 Å². The zero-order valence-electron chi connectivity index (χ0n) is 16.6. The molecule has 0 aromatic carbocycles. The number of urea groups is 1. The first-order valence-corrected chi connectivity index (χ1v) is 10.3. The van der Waals surface area contributed by atoms with Crippen LogP contribution >= 0.6 is 0 Å². The molecular formula is C20H28N4O4. The number of fused-ring (bicyclic) bond motifs is 1. The number of carbonyl (C=O) groups is 3. The third-order valence-electron chi connectivity index (χ3n) is 6.37. The van der Waals surface area contributed by atoms with E-state index in [0.717, 1.165) is 36.9 Å². The first-order valence-electron chi connectivity index (χ1n) is 10.3. The molecule has 8 nitrogen and oxygen atoms in total. The lowest BCUT2D eigenvalue weighted by Gasteiger charge is -2.29. The molecule has 4 amide bonds. The summed E-state index contributed by atoms with van der Waals surface area (Å²) in [4.78, 5) is 43.8. The standard InChI is InChI=1S/C20H28N4O4/c1-13-16(14(2)28-21-13)11-18(25)22-9-6-10-23-17(12-22)19(26)24(20(23)27)15-7-4-3-5-8-15/h15,17H,3-12H2,1-2H3. The van der Waals surface area contributed by atoms with E-state index in [1.165, 1.54) is 11.3 Å². The lowest BCUT2D eigenvalue weighted by atomic mass is 9.94. The fraction of sp³-hybridized carbons (Fsp3) is 0.700. The minimum atomic E-state index is -0.550. The van der Waals surface area contributed by atoms with Crippen LogP contribution in [0.2, 0.25) is 0 Å². The Labute approximate surface area is 164 Å². The molecule has 2 aliphatic heterocycles. The first-order chi connectivity index (χ1) is 13.5. The second-order valence-electron chi connectivity index (χ2n) is 8.16. The number of aryl methyl sites for hydroxylation is 2. The molecule has 152 valence electrons. The van der Waals surface area contributed by atoms with Crippen LogP contribution in [0.3, 0.4) is 0 Å². The molecule has 1 aliphatic carbocycles. The summed E-state index contributed by atoms with van der Waals surface area (Å²) < 4.78 is 5.16. The van der Waals surface area contributed by atoms with Crippen LogP contribution in [-0.2, 0) is 16.0 Å². The highest BCUT2D eigenvalue weighted by Crippen LogP contribution is 2.30. The Hall–Kier alpha value is -2.38. The van der Waals surface area contributed by atoms with Crippen molar-refractivity contribution >= 4 is 17.8 Å². The maximum Gasteiger partial charge on any atom is 0.327 e. The summed E-state index contributed by atoms with van der Waals surface area (Å²) in [7, 11) is 0. The highest BCUT2D eigenvalue weighted by atomic mass is 16.5. The topological polar surface area (TPSA) is 87.0 Å². The predicted octanol–water partition coefficient (Wildman–Crippen LogP) is 2.03. The molecule has 3 fully saturated rings. The molecule has 1 saturated carbocycles. The Morgan fingerprint density at radius 1 is 1.11 bits per heavy atom. The molecule has 4 rings (SSSR count). The van der Waals surface area contributed by atoms with Crippen molar-refractivity contribution in [3.05, 3.63) is 17.0 Å². The van der Waals surface area contributed by atoms with Crippen molar-refractivity contribution in [3.8, 4) is 0 Å². The zero-order valence-corrected chi connectivity index (χ0v) is 16.6. The summed E-state index contributed by atoms with van der Waals surface area (Å²) in [6, 6.07) is -0.695. The van der Waals surface area contributed by atoms with Crippen molar-refractivity contribution in [1.82, 2.24) is 19.9 Å². The van der Waals surface area contributed by atoms with Gasteiger partial charge >= 0.3 is 6.03 Å². The van der Waals surface area contributed by atoms with E-state index in [9.17, 15) is 14.4 Å². The average molecular weight is 388 g/mol. The number of rotatable bonds is 3. The van der Waals surface area contributed by atoms with E-state index in [1.54, 1.807) is 16.7 Å². The number of imide groups is 1. The number of carbonyl (C=O) groups excluding carboxylic acids is 3. The minimum absolute atomic E-state index is 0.0205. The van der Waals surface area contributed by atoms with Crippen molar-refractivity contribution in [2.75, 3.05) is 19.6 Å². The highest BCUT2D eigenvalue weighted by Gasteiger charge is 2.49. The van der Waals surface area contributed by atoms with Gasteiger partial charge in [-0.1, -0.05) is 24.4 Å². The van der Waals surface area contributed by atoms with E-state index < -0.39 is 6.04 Å². The largest absolute Gasteiger partial charge is 0.361 e. The Morgan fingerprint density at radius 3 is 2.54 bits per heavy atom. The Bertz CT molecular complexity index is 764. The van der Waals surface area contributed by atoms with Gasteiger partial charge in [0.05, 0.1) is 18.7 Å². The van der Waals surface area contributed by atoms with Crippen LogP contribution in [0.5, 0.6) is 0 Å². The van der Waals surface area contributed by atoms with Crippen LogP contribution in [0.15, 0.2) is 4.52 Å². The molecule has 8 heteroatoms. The molecule has 0 N–H and O–H groups in total. The van der Waals surface area contributed by atoms with Crippen molar-refractivity contribution < 1.29 is 18.9 Å². The van der Waals surface area contributed by atoms with E-state index in [2.05, 4.69) is 5.16 Å². The van der Waals surface area contributed by atoms with Crippen LogP contribution in [0.1, 0.15) is 55.5 Å². The molecule has 0 bridgehead atoms. The van der Waals surface area contributed by atoms with Gasteiger partial charge in [-0.05, 0) is 33.1 Å². The molecule has 1 aromatic heterocycles. The summed E-state index contributed by atoms with van der Waals surface area (Å²) in [5.74, 6) is 0.472. The zero-order chi connectivity index (χ0) is 19.8. The number of aromatic nitrogens is 1. The van der Waals surface area contributed by atoms with Crippen molar-refractivity contribution in [1.29, 1.82) is 0 Å². The third kappa shape index (κ3) is 3.29. The van der Waals surface area contributed by atoms with Gasteiger partial charge in [0.2, 0.25) is 5.91 Å². The fourth-order valence-electron chi connectivity index (χ4n) is 4.74. The van der Waals surface area contributed by atoms with Gasteiger partial charge in [0.1, 0.15) is 11.8 Å². The van der Waals surface area contributed by atoms with Gasteiger partial charge < -0.3 is 14.3 Å². The average Bonchev–Trinajstić information content (AvgIpc) is 3.01. The van der Waals surface area contributed by atoms with E-state index in [-0.39, 0.29) is 36.9 Å². The van der Waals surface area contributed by atoms with E-state index in [1.807, 2.05) is 6.92 Å². The summed E-state index contributed by atoms with van der Waals surface area (Å²) >= 11 is 0. The number of nitrogens with zero attached hydrogens (tertiary/aromatic N) is 4. The number of hydrogen-bond acceptors (Lipinski definition) is 5. The molecule has 3 heterocycles. The van der Waals surface area contributed by atoms with Gasteiger partial charge in [-0.2, -0.15) is 0 Å². The molecule has 2 saturated heterocycles. The maximum absolute atomic E-state index is 13.1. The SMILES string of the molecule is Cc1noc(C)c1CC(=O)N1CCCN2C(=O)N(C3CCCCC3)C(=O)C2C1. The molecule has 0 spiro atoms. The summed E-state index contributed by atoms with van der Waals surface area (Å²) in [5.41, 5.74) is 1.53. The van der Waals surface area contributed by atoms with Gasteiger partial charge in [0.25, 0.3) is 5.91 Å². The fourth-order valence-corrected chi connectivity index (χ4v) is 4.74. The van der Waals surface area contributed by atoms with Crippen molar-refractivity contribution in [2.24, 2.45) is 0 Å². The molecule has 1 atom stereocenters. The second-order valence-corrected chi connectivity index (χ2v) is 8.16. The lowest BCUT2D eigenvalue weighted by Crippen LogP contribution is -2.45. The quantitative estimate of drug-likeness (QED) is 0.740. The van der Waals surface area contributed by atoms with Gasteiger partial charge in [0, 0.05) is 24.7 Å². The van der Waals surface area contributed by atoms with Gasteiger partial charge in [-0.3, -0.25) is 14.5 Å². The van der Waals surface area contributed by atoms with Crippen molar-refractivity contribution in [3.63, 3.8) is 0 Å². The smallest absolute Gasteiger partial charge is 0.327 e. The molecule has 28 heavy (non-hydrogen) atoms. The van der Waals surface area contributed by atoms with Gasteiger partial charge in [-0.25, -0.2) is 4.79 Å².